The molecule has 33 heavy (non-hydrogen) atoms. The molecular formula is C26H27N3O4. The van der Waals surface area contributed by atoms with E-state index in [1.165, 1.54) is 4.68 Å². The Hall–Kier alpha value is -3.74. The quantitative estimate of drug-likeness (QED) is 0.622. The predicted molar refractivity (Wildman–Crippen MR) is 126 cm³/mol. The molecule has 1 aliphatic heterocycles. The summed E-state index contributed by atoms with van der Waals surface area (Å²) in [5.41, 5.74) is 3.12. The van der Waals surface area contributed by atoms with Crippen molar-refractivity contribution < 1.29 is 14.3 Å². The van der Waals surface area contributed by atoms with Gasteiger partial charge in [-0.15, -0.1) is 0 Å². The van der Waals surface area contributed by atoms with Gasteiger partial charge in [-0.05, 0) is 30.0 Å². The van der Waals surface area contributed by atoms with E-state index in [4.69, 9.17) is 9.47 Å². The molecule has 2 aliphatic rings. The minimum atomic E-state index is -0.547. The normalized spacial score (nSPS) is 18.9. The van der Waals surface area contributed by atoms with Gasteiger partial charge in [0.05, 0.1) is 31.4 Å². The van der Waals surface area contributed by atoms with E-state index in [-0.39, 0.29) is 16.8 Å². The van der Waals surface area contributed by atoms with Gasteiger partial charge in [-0.3, -0.25) is 14.7 Å². The van der Waals surface area contributed by atoms with E-state index >= 15 is 0 Å². The number of aromatic amines is 1. The fraction of sp³-hybridized carbons (Fsp3) is 0.308. The molecule has 170 valence electrons. The van der Waals surface area contributed by atoms with Crippen molar-refractivity contribution in [1.82, 2.24) is 9.78 Å². The molecule has 2 aromatic carbocycles. The molecule has 0 saturated carbocycles. The zero-order valence-corrected chi connectivity index (χ0v) is 19.2. The van der Waals surface area contributed by atoms with Crippen molar-refractivity contribution in [3.8, 4) is 17.2 Å². The number of ether oxygens (including phenoxy) is 2. The minimum absolute atomic E-state index is 0.0501. The summed E-state index contributed by atoms with van der Waals surface area (Å²) in [7, 11) is 3.18. The molecule has 3 aromatic rings. The zero-order valence-electron chi connectivity index (χ0n) is 19.2. The van der Waals surface area contributed by atoms with Crippen molar-refractivity contribution in [3.05, 3.63) is 81.3 Å². The smallest absolute Gasteiger partial charge is 0.277 e. The number of nitrogens with one attached hydrogen (secondary N) is 2. The maximum atomic E-state index is 13.7. The zero-order chi connectivity index (χ0) is 23.3. The average Bonchev–Trinajstić information content (AvgIpc) is 3.13. The number of carbonyl (C=O) groups excluding carboxylic acids is 1. The largest absolute Gasteiger partial charge is 0.497 e. The first-order chi connectivity index (χ1) is 15.8. The van der Waals surface area contributed by atoms with E-state index in [1.54, 1.807) is 20.3 Å². The molecule has 2 N–H and O–H groups in total. The van der Waals surface area contributed by atoms with Gasteiger partial charge in [0.25, 0.3) is 5.56 Å². The summed E-state index contributed by atoms with van der Waals surface area (Å²) in [6.07, 6.45) is 1.14. The number of benzene rings is 2. The third kappa shape index (κ3) is 3.44. The third-order valence-corrected chi connectivity index (χ3v) is 6.47. The molecular weight excluding hydrogens is 418 g/mol. The summed E-state index contributed by atoms with van der Waals surface area (Å²) in [6, 6.07) is 14.9. The first-order valence-electron chi connectivity index (χ1n) is 11.0. The topological polar surface area (TPSA) is 85.4 Å². The number of H-pyrrole nitrogens is 1. The van der Waals surface area contributed by atoms with E-state index in [1.807, 2.05) is 42.5 Å². The molecule has 0 fully saturated rings. The van der Waals surface area contributed by atoms with Gasteiger partial charge in [0.15, 0.2) is 5.78 Å². The summed E-state index contributed by atoms with van der Waals surface area (Å²) in [4.78, 5) is 27.2. The lowest BCUT2D eigenvalue weighted by molar-refractivity contribution is -0.118. The number of rotatable bonds is 4. The Bertz CT molecular complexity index is 1330. The maximum Gasteiger partial charge on any atom is 0.277 e. The van der Waals surface area contributed by atoms with E-state index in [0.717, 1.165) is 16.9 Å². The minimum Gasteiger partial charge on any atom is -0.497 e. The molecule has 1 aromatic heterocycles. The van der Waals surface area contributed by atoms with Crippen LogP contribution in [0.15, 0.2) is 64.6 Å². The number of anilines is 1. The van der Waals surface area contributed by atoms with Crippen LogP contribution in [0.4, 0.5) is 5.82 Å². The van der Waals surface area contributed by atoms with Gasteiger partial charge in [-0.25, -0.2) is 4.68 Å². The fourth-order valence-electron chi connectivity index (χ4n) is 5.02. The fourth-order valence-corrected chi connectivity index (χ4v) is 5.02. The molecule has 1 atom stereocenters. The Labute approximate surface area is 192 Å². The van der Waals surface area contributed by atoms with Crippen LogP contribution in [0.25, 0.3) is 5.69 Å². The molecule has 2 heterocycles. The molecule has 0 radical (unpaired) electrons. The number of hydrogen-bond donors (Lipinski definition) is 2. The highest BCUT2D eigenvalue weighted by atomic mass is 16.5. The Morgan fingerprint density at radius 2 is 1.76 bits per heavy atom. The molecule has 7 nitrogen and oxygen atoms in total. The first kappa shape index (κ1) is 21.1. The van der Waals surface area contributed by atoms with Crippen LogP contribution in [0.5, 0.6) is 11.5 Å². The number of allylic oxidation sites excluding steroid dienone is 2. The Morgan fingerprint density at radius 3 is 2.45 bits per heavy atom. The monoisotopic (exact) mass is 445 g/mol. The van der Waals surface area contributed by atoms with Crippen LogP contribution in [0.1, 0.15) is 43.7 Å². The van der Waals surface area contributed by atoms with Gasteiger partial charge in [-0.1, -0.05) is 38.1 Å². The molecule has 0 spiro atoms. The number of Topliss-reactive ketones (excluding diaryl/α,β-unsaturated/α-hetero) is 1. The Morgan fingerprint density at radius 1 is 1.00 bits per heavy atom. The molecule has 1 unspecified atom stereocenters. The van der Waals surface area contributed by atoms with Gasteiger partial charge in [-0.2, -0.15) is 0 Å². The lowest BCUT2D eigenvalue weighted by Gasteiger charge is -2.38. The average molecular weight is 446 g/mol. The van der Waals surface area contributed by atoms with Crippen LogP contribution >= 0.6 is 0 Å². The lowest BCUT2D eigenvalue weighted by atomic mass is 9.69. The number of para-hydroxylation sites is 1. The molecule has 0 bridgehead atoms. The number of methoxy groups -OCH3 is 2. The Balaban J connectivity index is 1.77. The van der Waals surface area contributed by atoms with Gasteiger partial charge >= 0.3 is 0 Å². The Kier molecular flexibility index (Phi) is 4.92. The summed E-state index contributed by atoms with van der Waals surface area (Å²) in [6.45, 7) is 4.18. The predicted octanol–water partition coefficient (Wildman–Crippen LogP) is 4.38. The van der Waals surface area contributed by atoms with Crippen molar-refractivity contribution in [1.29, 1.82) is 0 Å². The van der Waals surface area contributed by atoms with Crippen molar-refractivity contribution in [2.24, 2.45) is 5.41 Å². The second kappa shape index (κ2) is 7.69. The van der Waals surface area contributed by atoms with Crippen LogP contribution in [0.3, 0.4) is 0 Å². The van der Waals surface area contributed by atoms with Crippen LogP contribution in [0, 0.1) is 5.41 Å². The maximum absolute atomic E-state index is 13.7. The molecule has 7 heteroatoms. The van der Waals surface area contributed by atoms with Crippen molar-refractivity contribution in [2.75, 3.05) is 19.5 Å². The van der Waals surface area contributed by atoms with Crippen molar-refractivity contribution in [2.45, 2.75) is 32.6 Å². The highest BCUT2D eigenvalue weighted by Gasteiger charge is 2.43. The number of ketones is 1. The highest BCUT2D eigenvalue weighted by molar-refractivity contribution is 6.01. The number of carbonyl (C=O) groups is 1. The van der Waals surface area contributed by atoms with Crippen LogP contribution in [0.2, 0.25) is 0 Å². The number of fused-ring (bicyclic) bond motifs is 1. The third-order valence-electron chi connectivity index (χ3n) is 6.47. The van der Waals surface area contributed by atoms with E-state index < -0.39 is 5.92 Å². The molecule has 5 rings (SSSR count). The van der Waals surface area contributed by atoms with Crippen LogP contribution < -0.4 is 20.3 Å². The lowest BCUT2D eigenvalue weighted by Crippen LogP contribution is -2.35. The van der Waals surface area contributed by atoms with E-state index in [9.17, 15) is 9.59 Å². The first-order valence-corrected chi connectivity index (χ1v) is 11.0. The van der Waals surface area contributed by atoms with Gasteiger partial charge in [0.1, 0.15) is 17.3 Å². The molecule has 0 saturated heterocycles. The van der Waals surface area contributed by atoms with E-state index in [2.05, 4.69) is 24.3 Å². The van der Waals surface area contributed by atoms with Gasteiger partial charge in [0.2, 0.25) is 0 Å². The summed E-state index contributed by atoms with van der Waals surface area (Å²) < 4.78 is 12.6. The highest BCUT2D eigenvalue weighted by Crippen LogP contribution is 2.49. The van der Waals surface area contributed by atoms with E-state index in [0.29, 0.717) is 41.3 Å². The van der Waals surface area contributed by atoms with Gasteiger partial charge < -0.3 is 14.8 Å². The molecule has 1 aliphatic carbocycles. The van der Waals surface area contributed by atoms with Crippen LogP contribution in [-0.2, 0) is 4.79 Å². The number of nitrogens with zero attached hydrogens (tertiary/aromatic N) is 1. The second-order valence-corrected chi connectivity index (χ2v) is 9.38. The summed E-state index contributed by atoms with van der Waals surface area (Å²) in [5.74, 6) is 1.33. The van der Waals surface area contributed by atoms with Gasteiger partial charge in [0, 0.05) is 29.3 Å². The molecule has 0 amide bonds. The number of hydrogen-bond acceptors (Lipinski definition) is 5. The second-order valence-electron chi connectivity index (χ2n) is 9.38. The van der Waals surface area contributed by atoms with Crippen molar-refractivity contribution >= 4 is 11.6 Å². The van der Waals surface area contributed by atoms with Crippen LogP contribution in [-0.4, -0.2) is 29.8 Å². The van der Waals surface area contributed by atoms with Crippen molar-refractivity contribution in [3.63, 3.8) is 0 Å². The summed E-state index contributed by atoms with van der Waals surface area (Å²) in [5, 5.41) is 6.63. The number of aromatic nitrogens is 2. The summed E-state index contributed by atoms with van der Waals surface area (Å²) >= 11 is 0. The SMILES string of the molecule is COc1ccc(C2C3=C(CC(C)(C)CC3=O)Nc3[nH]n(-c4ccccc4)c(=O)c32)c(OC)c1. The standard InChI is InChI=1S/C26H27N3O4/c1-26(2)13-18-22(19(30)14-26)21(17-11-10-16(32-3)12-20(17)33-4)23-24(27-18)28-29(25(23)31)15-8-6-5-7-9-15/h5-12,21,27-28H,13-14H2,1-4H3.